The summed E-state index contributed by atoms with van der Waals surface area (Å²) in [5.74, 6) is -1.05. The Kier molecular flexibility index (Phi) is 16.0. The number of esters is 1. The van der Waals surface area contributed by atoms with E-state index in [1.165, 1.54) is 0 Å². The Hall–Kier alpha value is -4.69. The molecule has 0 bridgehead atoms. The highest BCUT2D eigenvalue weighted by Crippen LogP contribution is 2.31. The van der Waals surface area contributed by atoms with Gasteiger partial charge in [0.1, 0.15) is 19.0 Å². The molecule has 0 spiro atoms. The number of hydrogen-bond donors (Lipinski definition) is 3. The van der Waals surface area contributed by atoms with Crippen LogP contribution in [0.2, 0.25) is 0 Å². The van der Waals surface area contributed by atoms with Crippen molar-refractivity contribution in [3.05, 3.63) is 127 Å². The van der Waals surface area contributed by atoms with E-state index in [1.54, 1.807) is 6.08 Å². The van der Waals surface area contributed by atoms with Gasteiger partial charge in [-0.25, -0.2) is 0 Å². The number of unbranched alkanes of at least 4 members (excludes halogenated alkanes) is 1. The van der Waals surface area contributed by atoms with Gasteiger partial charge in [0, 0.05) is 6.42 Å². The number of aliphatic hydroxyl groups is 1. The Labute approximate surface area is 303 Å². The van der Waals surface area contributed by atoms with Crippen LogP contribution < -0.4 is 15.4 Å². The summed E-state index contributed by atoms with van der Waals surface area (Å²) >= 11 is 0. The number of hydrogen-bond acceptors (Lipinski definition) is 6. The molecule has 3 aromatic rings. The minimum atomic E-state index is -0.675. The Morgan fingerprint density at radius 1 is 0.824 bits per heavy atom. The van der Waals surface area contributed by atoms with Gasteiger partial charge in [-0.3, -0.25) is 14.4 Å². The summed E-state index contributed by atoms with van der Waals surface area (Å²) in [6.45, 7) is 7.94. The van der Waals surface area contributed by atoms with Crippen molar-refractivity contribution in [2.24, 2.45) is 11.8 Å². The highest BCUT2D eigenvalue weighted by atomic mass is 16.5. The molecule has 4 rings (SSSR count). The number of amides is 2. The van der Waals surface area contributed by atoms with E-state index in [-0.39, 0.29) is 43.3 Å². The minimum absolute atomic E-state index is 0.0566. The van der Waals surface area contributed by atoms with Crippen molar-refractivity contribution in [1.29, 1.82) is 0 Å². The van der Waals surface area contributed by atoms with Gasteiger partial charge in [-0.1, -0.05) is 97.8 Å². The molecule has 0 radical (unpaired) electrons. The average molecular weight is 695 g/mol. The van der Waals surface area contributed by atoms with Gasteiger partial charge in [0.2, 0.25) is 11.8 Å². The third-order valence-electron chi connectivity index (χ3n) is 9.55. The molecule has 1 aliphatic carbocycles. The van der Waals surface area contributed by atoms with Crippen LogP contribution in [0.25, 0.3) is 0 Å². The number of carbonyl (C=O) groups excluding carboxylic acids is 3. The molecule has 3 aromatic carbocycles. The summed E-state index contributed by atoms with van der Waals surface area (Å²) < 4.78 is 11.8. The van der Waals surface area contributed by atoms with Crippen molar-refractivity contribution in [1.82, 2.24) is 10.6 Å². The van der Waals surface area contributed by atoms with E-state index in [1.807, 2.05) is 91.0 Å². The fourth-order valence-corrected chi connectivity index (χ4v) is 6.66. The predicted octanol–water partition coefficient (Wildman–Crippen LogP) is 7.06. The molecule has 272 valence electrons. The van der Waals surface area contributed by atoms with Crippen LogP contribution in [0.15, 0.2) is 110 Å². The van der Waals surface area contributed by atoms with E-state index in [9.17, 15) is 19.5 Å². The van der Waals surface area contributed by atoms with E-state index in [4.69, 9.17) is 9.47 Å². The Balaban J connectivity index is 1.30. The zero-order valence-electron chi connectivity index (χ0n) is 29.8. The van der Waals surface area contributed by atoms with Crippen LogP contribution in [0.5, 0.6) is 5.75 Å². The van der Waals surface area contributed by atoms with E-state index < -0.39 is 17.5 Å². The fraction of sp³-hybridized carbons (Fsp3) is 0.419. The largest absolute Gasteiger partial charge is 0.489 e. The van der Waals surface area contributed by atoms with Gasteiger partial charge in [0.25, 0.3) is 0 Å². The lowest BCUT2D eigenvalue weighted by Gasteiger charge is -2.32. The molecule has 1 fully saturated rings. The molecular formula is C43H54N2O6. The summed E-state index contributed by atoms with van der Waals surface area (Å²) in [7, 11) is 0. The van der Waals surface area contributed by atoms with Gasteiger partial charge in [-0.05, 0) is 80.2 Å². The molecule has 0 unspecified atom stereocenters. The summed E-state index contributed by atoms with van der Waals surface area (Å²) in [6, 6.07) is 26.9. The van der Waals surface area contributed by atoms with Crippen molar-refractivity contribution in [2.45, 2.75) is 88.8 Å². The Morgan fingerprint density at radius 3 is 2.10 bits per heavy atom. The Bertz CT molecular complexity index is 1520. The van der Waals surface area contributed by atoms with Crippen molar-refractivity contribution < 1.29 is 29.0 Å². The Morgan fingerprint density at radius 2 is 1.47 bits per heavy atom. The van der Waals surface area contributed by atoms with Gasteiger partial charge < -0.3 is 25.2 Å². The number of allylic oxidation sites excluding steroid dienone is 2. The lowest BCUT2D eigenvalue weighted by atomic mass is 9.93. The minimum Gasteiger partial charge on any atom is -0.489 e. The van der Waals surface area contributed by atoms with Crippen LogP contribution >= 0.6 is 0 Å². The van der Waals surface area contributed by atoms with Crippen LogP contribution in [0.4, 0.5) is 0 Å². The summed E-state index contributed by atoms with van der Waals surface area (Å²) in [5, 5.41) is 16.2. The molecule has 0 heterocycles. The normalized spacial score (nSPS) is 15.2. The SMILES string of the molecule is C=CCCC[C@H](Cc1ccccc1)C(=O)OCC1(NC(=O)[C@H](CC=C)CC(=O)N[C@H](CO)Cc2ccc(OCc3ccccc3)cc2)CCCC1. The first-order chi connectivity index (χ1) is 24.8. The smallest absolute Gasteiger partial charge is 0.309 e. The zero-order chi connectivity index (χ0) is 36.3. The number of nitrogens with one attached hydrogen (secondary N) is 2. The number of rotatable bonds is 22. The number of benzene rings is 3. The quantitative estimate of drug-likeness (QED) is 0.0590. The third-order valence-corrected chi connectivity index (χ3v) is 9.55. The number of carbonyl (C=O) groups is 3. The van der Waals surface area contributed by atoms with Crippen molar-refractivity contribution in [2.75, 3.05) is 13.2 Å². The third kappa shape index (κ3) is 13.2. The molecular weight excluding hydrogens is 640 g/mol. The maximum Gasteiger partial charge on any atom is 0.309 e. The first-order valence-corrected chi connectivity index (χ1v) is 18.2. The molecule has 1 aliphatic rings. The van der Waals surface area contributed by atoms with Gasteiger partial charge in [-0.2, -0.15) is 0 Å². The van der Waals surface area contributed by atoms with Crippen LogP contribution in [0.1, 0.15) is 74.5 Å². The second kappa shape index (κ2) is 20.9. The molecule has 0 aliphatic heterocycles. The standard InChI is InChI=1S/C43H54N2O6/c1-3-5-8-20-37(27-33-16-9-6-10-17-33)42(49)51-32-43(25-13-14-26-43)45-41(48)36(15-4-2)29-40(47)44-38(30-46)28-34-21-23-39(24-22-34)50-31-35-18-11-7-12-19-35/h3-4,6-7,9-12,16-19,21-24,36-38,46H,1-2,5,8,13-15,20,25-32H2,(H,44,47)(H,45,48)/t36-,37-,38+/m1/s1. The predicted molar refractivity (Wildman–Crippen MR) is 201 cm³/mol. The molecule has 0 aromatic heterocycles. The molecule has 51 heavy (non-hydrogen) atoms. The molecule has 1 saturated carbocycles. The summed E-state index contributed by atoms with van der Waals surface area (Å²) in [5.41, 5.74) is 2.42. The first-order valence-electron chi connectivity index (χ1n) is 18.2. The highest BCUT2D eigenvalue weighted by Gasteiger charge is 2.39. The first kappa shape index (κ1) is 39.1. The second-order valence-corrected chi connectivity index (χ2v) is 13.7. The topological polar surface area (TPSA) is 114 Å². The van der Waals surface area contributed by atoms with Crippen LogP contribution in [0.3, 0.4) is 0 Å². The summed E-state index contributed by atoms with van der Waals surface area (Å²) in [4.78, 5) is 40.3. The lowest BCUT2D eigenvalue weighted by Crippen LogP contribution is -2.53. The van der Waals surface area contributed by atoms with E-state index in [0.29, 0.717) is 45.1 Å². The van der Waals surface area contributed by atoms with Gasteiger partial charge in [0.15, 0.2) is 0 Å². The molecule has 3 atom stereocenters. The fourth-order valence-electron chi connectivity index (χ4n) is 6.66. The summed E-state index contributed by atoms with van der Waals surface area (Å²) in [6.07, 6.45) is 10.4. The monoisotopic (exact) mass is 694 g/mol. The van der Waals surface area contributed by atoms with Crippen LogP contribution in [-0.2, 0) is 38.6 Å². The molecule has 8 heteroatoms. The van der Waals surface area contributed by atoms with Crippen molar-refractivity contribution >= 4 is 17.8 Å². The number of ether oxygens (including phenoxy) is 2. The number of aliphatic hydroxyl groups excluding tert-OH is 1. The molecule has 0 saturated heterocycles. The maximum atomic E-state index is 13.7. The average Bonchev–Trinajstić information content (AvgIpc) is 3.62. The van der Waals surface area contributed by atoms with E-state index in [0.717, 1.165) is 48.1 Å². The van der Waals surface area contributed by atoms with Crippen molar-refractivity contribution in [3.63, 3.8) is 0 Å². The van der Waals surface area contributed by atoms with Crippen molar-refractivity contribution in [3.8, 4) is 5.75 Å². The van der Waals surface area contributed by atoms with Gasteiger partial charge in [-0.15, -0.1) is 13.2 Å². The van der Waals surface area contributed by atoms with Gasteiger partial charge in [0.05, 0.1) is 30.0 Å². The molecule has 3 N–H and O–H groups in total. The van der Waals surface area contributed by atoms with E-state index in [2.05, 4.69) is 23.8 Å². The molecule has 2 amide bonds. The van der Waals surface area contributed by atoms with Crippen LogP contribution in [0, 0.1) is 11.8 Å². The highest BCUT2D eigenvalue weighted by molar-refractivity contribution is 5.86. The lowest BCUT2D eigenvalue weighted by molar-refractivity contribution is -0.152. The maximum absolute atomic E-state index is 13.7. The molecule has 8 nitrogen and oxygen atoms in total. The second-order valence-electron chi connectivity index (χ2n) is 13.7. The zero-order valence-corrected chi connectivity index (χ0v) is 29.8. The van der Waals surface area contributed by atoms with E-state index >= 15 is 0 Å². The van der Waals surface area contributed by atoms with Crippen LogP contribution in [-0.4, -0.2) is 47.7 Å². The van der Waals surface area contributed by atoms with Gasteiger partial charge >= 0.3 is 5.97 Å².